The lowest BCUT2D eigenvalue weighted by Gasteiger charge is -2.26. The Morgan fingerprint density at radius 2 is 1.78 bits per heavy atom. The fraction of sp³-hybridized carbons (Fsp3) is 0.286. The summed E-state index contributed by atoms with van der Waals surface area (Å²) < 4.78 is 0. The Kier molecular flexibility index (Phi) is 5.86. The molecule has 0 aliphatic carbocycles. The van der Waals surface area contributed by atoms with E-state index < -0.39 is 0 Å². The second kappa shape index (κ2) is 8.49. The lowest BCUT2D eigenvalue weighted by molar-refractivity contribution is -0.120. The summed E-state index contributed by atoms with van der Waals surface area (Å²) in [6.45, 7) is 0.719. The number of hydrogen-bond donors (Lipinski definition) is 2. The van der Waals surface area contributed by atoms with Gasteiger partial charge in [0.2, 0.25) is 11.8 Å². The first-order chi connectivity index (χ1) is 13.1. The SMILES string of the molecule is CNC(=O)Cc1ccccc1NC(=O)c1ccc(N2CCCCC2=O)cc1. The summed E-state index contributed by atoms with van der Waals surface area (Å²) in [4.78, 5) is 38.0. The highest BCUT2D eigenvalue weighted by atomic mass is 16.2. The normalized spacial score (nSPS) is 14.0. The molecule has 0 spiro atoms. The van der Waals surface area contributed by atoms with Crippen molar-refractivity contribution in [3.05, 3.63) is 59.7 Å². The van der Waals surface area contributed by atoms with E-state index in [0.29, 0.717) is 17.7 Å². The smallest absolute Gasteiger partial charge is 0.255 e. The molecule has 3 amide bonds. The van der Waals surface area contributed by atoms with E-state index in [1.807, 2.05) is 18.2 Å². The predicted octanol–water partition coefficient (Wildman–Crippen LogP) is 2.74. The van der Waals surface area contributed by atoms with Crippen LogP contribution in [0.5, 0.6) is 0 Å². The maximum absolute atomic E-state index is 12.6. The average molecular weight is 365 g/mol. The lowest BCUT2D eigenvalue weighted by Crippen LogP contribution is -2.35. The summed E-state index contributed by atoms with van der Waals surface area (Å²) >= 11 is 0. The molecule has 2 aromatic rings. The molecule has 1 aliphatic rings. The molecule has 1 saturated heterocycles. The number of piperidine rings is 1. The third-order valence-corrected chi connectivity index (χ3v) is 4.66. The van der Waals surface area contributed by atoms with Gasteiger partial charge in [0.15, 0.2) is 0 Å². The summed E-state index contributed by atoms with van der Waals surface area (Å²) in [6.07, 6.45) is 2.70. The fourth-order valence-electron chi connectivity index (χ4n) is 3.12. The zero-order valence-electron chi connectivity index (χ0n) is 15.3. The molecule has 2 N–H and O–H groups in total. The first kappa shape index (κ1) is 18.6. The number of benzene rings is 2. The van der Waals surface area contributed by atoms with E-state index in [1.54, 1.807) is 42.3 Å². The van der Waals surface area contributed by atoms with Crippen molar-refractivity contribution in [2.45, 2.75) is 25.7 Å². The molecule has 1 fully saturated rings. The number of hydrogen-bond acceptors (Lipinski definition) is 3. The Labute approximate surface area is 158 Å². The molecule has 27 heavy (non-hydrogen) atoms. The first-order valence-electron chi connectivity index (χ1n) is 9.09. The Morgan fingerprint density at radius 1 is 1.04 bits per heavy atom. The molecule has 0 saturated carbocycles. The van der Waals surface area contributed by atoms with Gasteiger partial charge in [-0.15, -0.1) is 0 Å². The Balaban J connectivity index is 1.72. The summed E-state index contributed by atoms with van der Waals surface area (Å²) in [6, 6.07) is 14.3. The number of nitrogens with zero attached hydrogens (tertiary/aromatic N) is 1. The van der Waals surface area contributed by atoms with E-state index in [2.05, 4.69) is 10.6 Å². The second-order valence-electron chi connectivity index (χ2n) is 6.51. The summed E-state index contributed by atoms with van der Waals surface area (Å²) in [5.41, 5.74) is 2.68. The molecule has 0 unspecified atom stereocenters. The maximum atomic E-state index is 12.6. The Bertz CT molecular complexity index is 846. The number of carbonyl (C=O) groups excluding carboxylic acids is 3. The van der Waals surface area contributed by atoms with Crippen LogP contribution in [-0.4, -0.2) is 31.3 Å². The highest BCUT2D eigenvalue weighted by Gasteiger charge is 2.20. The zero-order chi connectivity index (χ0) is 19.2. The number of likely N-dealkylation sites (N-methyl/N-ethyl adjacent to an activating group) is 1. The summed E-state index contributed by atoms with van der Waals surface area (Å²) in [5.74, 6) is -0.246. The largest absolute Gasteiger partial charge is 0.359 e. The molecular weight excluding hydrogens is 342 g/mol. The lowest BCUT2D eigenvalue weighted by atomic mass is 10.1. The minimum Gasteiger partial charge on any atom is -0.359 e. The van der Waals surface area contributed by atoms with Crippen molar-refractivity contribution in [3.63, 3.8) is 0 Å². The van der Waals surface area contributed by atoms with Crippen LogP contribution in [0.1, 0.15) is 35.2 Å². The van der Waals surface area contributed by atoms with E-state index in [0.717, 1.165) is 30.6 Å². The number of para-hydroxylation sites is 1. The van der Waals surface area contributed by atoms with Crippen LogP contribution in [-0.2, 0) is 16.0 Å². The second-order valence-corrected chi connectivity index (χ2v) is 6.51. The van der Waals surface area contributed by atoms with E-state index in [-0.39, 0.29) is 24.1 Å². The van der Waals surface area contributed by atoms with Crippen molar-refractivity contribution in [1.29, 1.82) is 0 Å². The van der Waals surface area contributed by atoms with Crippen molar-refractivity contribution < 1.29 is 14.4 Å². The van der Waals surface area contributed by atoms with Crippen molar-refractivity contribution in [3.8, 4) is 0 Å². The van der Waals surface area contributed by atoms with Gasteiger partial charge in [-0.25, -0.2) is 0 Å². The van der Waals surface area contributed by atoms with E-state index in [9.17, 15) is 14.4 Å². The van der Waals surface area contributed by atoms with Gasteiger partial charge in [-0.2, -0.15) is 0 Å². The molecule has 0 bridgehead atoms. The molecule has 140 valence electrons. The van der Waals surface area contributed by atoms with Crippen LogP contribution < -0.4 is 15.5 Å². The molecule has 6 heteroatoms. The zero-order valence-corrected chi connectivity index (χ0v) is 15.3. The molecule has 6 nitrogen and oxygen atoms in total. The van der Waals surface area contributed by atoms with Crippen molar-refractivity contribution in [2.75, 3.05) is 23.8 Å². The van der Waals surface area contributed by atoms with Gasteiger partial charge in [0, 0.05) is 37.0 Å². The van der Waals surface area contributed by atoms with Crippen LogP contribution in [0.15, 0.2) is 48.5 Å². The van der Waals surface area contributed by atoms with Crippen LogP contribution in [0.4, 0.5) is 11.4 Å². The summed E-state index contributed by atoms with van der Waals surface area (Å²) in [7, 11) is 1.58. The standard InChI is InChI=1S/C21H23N3O3/c1-22-19(25)14-16-6-2-3-7-18(16)23-21(27)15-9-11-17(12-10-15)24-13-5-4-8-20(24)26/h2-3,6-7,9-12H,4-5,8,13-14H2,1H3,(H,22,25)(H,23,27). The third-order valence-electron chi connectivity index (χ3n) is 4.66. The average Bonchev–Trinajstić information content (AvgIpc) is 2.70. The number of rotatable bonds is 5. The highest BCUT2D eigenvalue weighted by molar-refractivity contribution is 6.05. The van der Waals surface area contributed by atoms with Crippen LogP contribution >= 0.6 is 0 Å². The van der Waals surface area contributed by atoms with Crippen LogP contribution in [0.3, 0.4) is 0 Å². The minimum atomic E-state index is -0.254. The predicted molar refractivity (Wildman–Crippen MR) is 105 cm³/mol. The van der Waals surface area contributed by atoms with E-state index in [1.165, 1.54) is 0 Å². The molecule has 1 heterocycles. The van der Waals surface area contributed by atoms with Crippen LogP contribution in [0.25, 0.3) is 0 Å². The van der Waals surface area contributed by atoms with Gasteiger partial charge in [-0.3, -0.25) is 14.4 Å². The Hall–Kier alpha value is -3.15. The number of anilines is 2. The fourth-order valence-corrected chi connectivity index (χ4v) is 3.12. The van der Waals surface area contributed by atoms with Gasteiger partial charge >= 0.3 is 0 Å². The number of carbonyl (C=O) groups is 3. The van der Waals surface area contributed by atoms with Gasteiger partial charge in [0.05, 0.1) is 6.42 Å². The maximum Gasteiger partial charge on any atom is 0.255 e. The molecule has 2 aromatic carbocycles. The van der Waals surface area contributed by atoms with Crippen LogP contribution in [0.2, 0.25) is 0 Å². The van der Waals surface area contributed by atoms with Crippen molar-refractivity contribution >= 4 is 29.1 Å². The van der Waals surface area contributed by atoms with Gasteiger partial charge in [0.25, 0.3) is 5.91 Å². The van der Waals surface area contributed by atoms with Crippen molar-refractivity contribution in [1.82, 2.24) is 5.32 Å². The van der Waals surface area contributed by atoms with Gasteiger partial charge < -0.3 is 15.5 Å². The third kappa shape index (κ3) is 4.53. The van der Waals surface area contributed by atoms with Gasteiger partial charge in [-0.05, 0) is 48.7 Å². The molecule has 0 radical (unpaired) electrons. The molecule has 1 aliphatic heterocycles. The molecular formula is C21H23N3O3. The molecule has 0 atom stereocenters. The van der Waals surface area contributed by atoms with E-state index >= 15 is 0 Å². The van der Waals surface area contributed by atoms with E-state index in [4.69, 9.17) is 0 Å². The number of nitrogens with one attached hydrogen (secondary N) is 2. The van der Waals surface area contributed by atoms with Crippen LogP contribution in [0, 0.1) is 0 Å². The minimum absolute atomic E-state index is 0.118. The quantitative estimate of drug-likeness (QED) is 0.855. The van der Waals surface area contributed by atoms with Gasteiger partial charge in [-0.1, -0.05) is 18.2 Å². The monoisotopic (exact) mass is 365 g/mol. The highest BCUT2D eigenvalue weighted by Crippen LogP contribution is 2.22. The molecule has 0 aromatic heterocycles. The molecule has 3 rings (SSSR count). The van der Waals surface area contributed by atoms with Crippen molar-refractivity contribution in [2.24, 2.45) is 0 Å². The number of amides is 3. The Morgan fingerprint density at radius 3 is 2.48 bits per heavy atom. The summed E-state index contributed by atoms with van der Waals surface area (Å²) in [5, 5.41) is 5.45. The van der Waals surface area contributed by atoms with Gasteiger partial charge in [0.1, 0.15) is 0 Å². The first-order valence-corrected chi connectivity index (χ1v) is 9.09. The topological polar surface area (TPSA) is 78.5 Å².